The van der Waals surface area contributed by atoms with Crippen molar-refractivity contribution in [2.75, 3.05) is 13.1 Å². The number of carbonyl (C=O) groups excluding carboxylic acids is 1. The van der Waals surface area contributed by atoms with Crippen molar-refractivity contribution in [1.29, 1.82) is 0 Å². The van der Waals surface area contributed by atoms with Crippen LogP contribution in [0.25, 0.3) is 0 Å². The molecule has 0 aliphatic rings. The molecule has 1 atom stereocenters. The first-order valence-corrected chi connectivity index (χ1v) is 5.71. The smallest absolute Gasteiger partial charge is 0.326 e. The number of aliphatic carboxylic acids is 1. The van der Waals surface area contributed by atoms with Crippen molar-refractivity contribution in [3.8, 4) is 0 Å². The Balaban J connectivity index is 4.50. The number of carbonyl (C=O) groups is 2. The highest BCUT2D eigenvalue weighted by molar-refractivity contribution is 5.82. The normalized spacial score (nSPS) is 13.0. The van der Waals surface area contributed by atoms with Crippen molar-refractivity contribution in [3.05, 3.63) is 0 Å². The summed E-state index contributed by atoms with van der Waals surface area (Å²) in [5.41, 5.74) is -1.00. The van der Waals surface area contributed by atoms with Gasteiger partial charge in [-0.3, -0.25) is 0 Å². The van der Waals surface area contributed by atoms with Gasteiger partial charge in [-0.1, -0.05) is 6.92 Å². The topological polar surface area (TPSA) is 89.9 Å². The lowest BCUT2D eigenvalue weighted by Crippen LogP contribution is -2.51. The highest BCUT2D eigenvalue weighted by Crippen LogP contribution is 2.05. The van der Waals surface area contributed by atoms with Gasteiger partial charge in [0.05, 0.1) is 12.1 Å². The van der Waals surface area contributed by atoms with Crippen LogP contribution in [-0.4, -0.2) is 51.8 Å². The SMILES string of the molecule is CCC(NC(=O)N(CC)CC(C)(C)O)C(=O)O. The van der Waals surface area contributed by atoms with E-state index in [9.17, 15) is 14.7 Å². The van der Waals surface area contributed by atoms with E-state index in [2.05, 4.69) is 5.32 Å². The molecule has 100 valence electrons. The summed E-state index contributed by atoms with van der Waals surface area (Å²) >= 11 is 0. The molecule has 0 bridgehead atoms. The molecule has 2 amide bonds. The lowest BCUT2D eigenvalue weighted by Gasteiger charge is -2.29. The van der Waals surface area contributed by atoms with E-state index in [1.54, 1.807) is 27.7 Å². The van der Waals surface area contributed by atoms with Crippen molar-refractivity contribution >= 4 is 12.0 Å². The molecule has 0 aromatic heterocycles. The number of rotatable bonds is 6. The van der Waals surface area contributed by atoms with Gasteiger partial charge in [-0.05, 0) is 27.2 Å². The summed E-state index contributed by atoms with van der Waals surface area (Å²) in [5.74, 6) is -1.06. The van der Waals surface area contributed by atoms with Gasteiger partial charge in [0.1, 0.15) is 6.04 Å². The molecule has 1 unspecified atom stereocenters. The van der Waals surface area contributed by atoms with Crippen LogP contribution in [-0.2, 0) is 4.79 Å². The predicted molar refractivity (Wildman–Crippen MR) is 63.8 cm³/mol. The van der Waals surface area contributed by atoms with Crippen LogP contribution in [0.5, 0.6) is 0 Å². The molecule has 0 fully saturated rings. The molecular formula is C11H22N2O4. The quantitative estimate of drug-likeness (QED) is 0.642. The maximum Gasteiger partial charge on any atom is 0.326 e. The summed E-state index contributed by atoms with van der Waals surface area (Å²) in [7, 11) is 0. The first-order valence-electron chi connectivity index (χ1n) is 5.71. The van der Waals surface area contributed by atoms with Gasteiger partial charge in [-0.15, -0.1) is 0 Å². The van der Waals surface area contributed by atoms with Crippen LogP contribution in [0.15, 0.2) is 0 Å². The van der Waals surface area contributed by atoms with E-state index in [0.29, 0.717) is 13.0 Å². The van der Waals surface area contributed by atoms with E-state index < -0.39 is 23.6 Å². The molecule has 0 aliphatic heterocycles. The first kappa shape index (κ1) is 15.7. The molecule has 0 aliphatic carbocycles. The van der Waals surface area contributed by atoms with Crippen LogP contribution >= 0.6 is 0 Å². The Bertz CT molecular complexity index is 273. The minimum Gasteiger partial charge on any atom is -0.480 e. The molecule has 6 nitrogen and oxygen atoms in total. The van der Waals surface area contributed by atoms with Gasteiger partial charge in [0.25, 0.3) is 0 Å². The van der Waals surface area contributed by atoms with Crippen LogP contribution in [0.1, 0.15) is 34.1 Å². The summed E-state index contributed by atoms with van der Waals surface area (Å²) in [4.78, 5) is 23.9. The van der Waals surface area contributed by atoms with Gasteiger partial charge in [-0.25, -0.2) is 9.59 Å². The Labute approximate surface area is 102 Å². The zero-order valence-electron chi connectivity index (χ0n) is 10.9. The van der Waals surface area contributed by atoms with Gasteiger partial charge in [0.2, 0.25) is 0 Å². The number of nitrogens with zero attached hydrogens (tertiary/aromatic N) is 1. The monoisotopic (exact) mass is 246 g/mol. The summed E-state index contributed by atoms with van der Waals surface area (Å²) in [6.45, 7) is 7.21. The van der Waals surface area contributed by atoms with Crippen molar-refractivity contribution in [3.63, 3.8) is 0 Å². The minimum absolute atomic E-state index is 0.158. The summed E-state index contributed by atoms with van der Waals surface area (Å²) in [6.07, 6.45) is 0.321. The lowest BCUT2D eigenvalue weighted by atomic mass is 10.1. The molecule has 6 heteroatoms. The largest absolute Gasteiger partial charge is 0.480 e. The van der Waals surface area contributed by atoms with Crippen molar-refractivity contribution in [2.45, 2.75) is 45.8 Å². The molecule has 0 spiro atoms. The molecule has 0 rings (SSSR count). The van der Waals surface area contributed by atoms with E-state index in [1.807, 2.05) is 0 Å². The summed E-state index contributed by atoms with van der Waals surface area (Å²) in [5, 5.41) is 20.9. The third kappa shape index (κ3) is 6.11. The standard InChI is InChI=1S/C11H22N2O4/c1-5-8(9(14)15)12-10(16)13(6-2)7-11(3,4)17/h8,17H,5-7H2,1-4H3,(H,12,16)(H,14,15). The van der Waals surface area contributed by atoms with E-state index in [0.717, 1.165) is 0 Å². The van der Waals surface area contributed by atoms with Crippen LogP contribution in [0.3, 0.4) is 0 Å². The fourth-order valence-electron chi connectivity index (χ4n) is 1.37. The average molecular weight is 246 g/mol. The molecule has 0 saturated carbocycles. The third-order valence-corrected chi connectivity index (χ3v) is 2.25. The molecule has 0 aromatic rings. The fraction of sp³-hybridized carbons (Fsp3) is 0.818. The van der Waals surface area contributed by atoms with E-state index in [1.165, 1.54) is 4.90 Å². The maximum absolute atomic E-state index is 11.8. The van der Waals surface area contributed by atoms with Gasteiger partial charge in [0, 0.05) is 6.54 Å². The zero-order chi connectivity index (χ0) is 13.6. The Morgan fingerprint density at radius 2 is 1.88 bits per heavy atom. The molecule has 0 radical (unpaired) electrons. The van der Waals surface area contributed by atoms with Gasteiger partial charge in [0.15, 0.2) is 0 Å². The summed E-state index contributed by atoms with van der Waals surface area (Å²) < 4.78 is 0. The van der Waals surface area contributed by atoms with E-state index >= 15 is 0 Å². The van der Waals surface area contributed by atoms with Gasteiger partial charge < -0.3 is 20.4 Å². The number of hydrogen-bond acceptors (Lipinski definition) is 3. The average Bonchev–Trinajstić information content (AvgIpc) is 2.20. The highest BCUT2D eigenvalue weighted by atomic mass is 16.4. The zero-order valence-corrected chi connectivity index (χ0v) is 10.9. The number of amides is 2. The molecular weight excluding hydrogens is 224 g/mol. The molecule has 17 heavy (non-hydrogen) atoms. The maximum atomic E-state index is 11.8. The number of urea groups is 1. The number of hydrogen-bond donors (Lipinski definition) is 3. The Morgan fingerprint density at radius 3 is 2.18 bits per heavy atom. The summed E-state index contributed by atoms with van der Waals surface area (Å²) in [6, 6.07) is -1.36. The Hall–Kier alpha value is -1.30. The lowest BCUT2D eigenvalue weighted by molar-refractivity contribution is -0.139. The van der Waals surface area contributed by atoms with Crippen LogP contribution in [0.2, 0.25) is 0 Å². The number of carboxylic acids is 1. The molecule has 0 saturated heterocycles. The number of nitrogens with one attached hydrogen (secondary N) is 1. The van der Waals surface area contributed by atoms with Crippen LogP contribution in [0, 0.1) is 0 Å². The molecule has 0 aromatic carbocycles. The van der Waals surface area contributed by atoms with Gasteiger partial charge in [-0.2, -0.15) is 0 Å². The molecule has 0 heterocycles. The van der Waals surface area contributed by atoms with Crippen LogP contribution in [0.4, 0.5) is 4.79 Å². The second-order valence-electron chi connectivity index (χ2n) is 4.58. The highest BCUT2D eigenvalue weighted by Gasteiger charge is 2.24. The Morgan fingerprint density at radius 1 is 1.35 bits per heavy atom. The van der Waals surface area contributed by atoms with Gasteiger partial charge >= 0.3 is 12.0 Å². The van der Waals surface area contributed by atoms with Crippen LogP contribution < -0.4 is 5.32 Å². The van der Waals surface area contributed by atoms with E-state index in [4.69, 9.17) is 5.11 Å². The van der Waals surface area contributed by atoms with Crippen molar-refractivity contribution in [1.82, 2.24) is 10.2 Å². The third-order valence-electron chi connectivity index (χ3n) is 2.25. The predicted octanol–water partition coefficient (Wildman–Crippen LogP) is 0.652. The first-order chi connectivity index (χ1) is 7.71. The second-order valence-corrected chi connectivity index (χ2v) is 4.58. The second kappa shape index (κ2) is 6.44. The number of aliphatic hydroxyl groups is 1. The number of likely N-dealkylation sites (N-methyl/N-ethyl adjacent to an activating group) is 1. The van der Waals surface area contributed by atoms with E-state index in [-0.39, 0.29) is 6.54 Å². The minimum atomic E-state index is -1.06. The number of carboxylic acid groups (broad SMARTS) is 1. The van der Waals surface area contributed by atoms with Crippen molar-refractivity contribution < 1.29 is 19.8 Å². The van der Waals surface area contributed by atoms with Crippen molar-refractivity contribution in [2.24, 2.45) is 0 Å². The molecule has 3 N–H and O–H groups in total. The fourth-order valence-corrected chi connectivity index (χ4v) is 1.37. The Kier molecular flexibility index (Phi) is 5.95.